The normalized spacial score (nSPS) is 22.9. The van der Waals surface area contributed by atoms with E-state index in [-0.39, 0.29) is 11.8 Å². The number of nitrogens with two attached hydrogens (primary N) is 1. The standard InChI is InChI=1S/C12H16N2O3/c1-8-2-3-10(14(15)16)6-12(8)17-11-4-9(5-11)7-13/h2-3,6,9,11H,4-5,7,13H2,1H3. The number of rotatable bonds is 4. The minimum atomic E-state index is -0.407. The summed E-state index contributed by atoms with van der Waals surface area (Å²) in [4.78, 5) is 10.3. The molecule has 0 heterocycles. The number of nitro benzene ring substituents is 1. The van der Waals surface area contributed by atoms with Crippen molar-refractivity contribution in [1.29, 1.82) is 0 Å². The number of nitrogens with zero attached hydrogens (tertiary/aromatic N) is 1. The lowest BCUT2D eigenvalue weighted by molar-refractivity contribution is -0.385. The van der Waals surface area contributed by atoms with Crippen molar-refractivity contribution in [3.05, 3.63) is 33.9 Å². The van der Waals surface area contributed by atoms with Crippen molar-refractivity contribution in [2.24, 2.45) is 11.7 Å². The second kappa shape index (κ2) is 4.71. The monoisotopic (exact) mass is 236 g/mol. The van der Waals surface area contributed by atoms with Crippen LogP contribution >= 0.6 is 0 Å². The fourth-order valence-electron chi connectivity index (χ4n) is 1.97. The van der Waals surface area contributed by atoms with Crippen LogP contribution in [0.3, 0.4) is 0 Å². The van der Waals surface area contributed by atoms with E-state index in [2.05, 4.69) is 0 Å². The van der Waals surface area contributed by atoms with Gasteiger partial charge in [0.15, 0.2) is 0 Å². The van der Waals surface area contributed by atoms with E-state index in [1.807, 2.05) is 6.92 Å². The van der Waals surface area contributed by atoms with Crippen molar-refractivity contribution < 1.29 is 9.66 Å². The molecule has 0 aromatic heterocycles. The van der Waals surface area contributed by atoms with E-state index in [1.54, 1.807) is 6.07 Å². The number of non-ortho nitro benzene ring substituents is 1. The topological polar surface area (TPSA) is 78.4 Å². The molecule has 17 heavy (non-hydrogen) atoms. The van der Waals surface area contributed by atoms with E-state index < -0.39 is 4.92 Å². The smallest absolute Gasteiger partial charge is 0.273 e. The summed E-state index contributed by atoms with van der Waals surface area (Å²) in [5.74, 6) is 1.15. The van der Waals surface area contributed by atoms with Gasteiger partial charge in [-0.25, -0.2) is 0 Å². The van der Waals surface area contributed by atoms with Crippen molar-refractivity contribution in [2.45, 2.75) is 25.9 Å². The Morgan fingerprint density at radius 2 is 2.24 bits per heavy atom. The van der Waals surface area contributed by atoms with Crippen LogP contribution in [0.1, 0.15) is 18.4 Å². The number of nitro groups is 1. The van der Waals surface area contributed by atoms with Gasteiger partial charge >= 0.3 is 0 Å². The Labute approximate surface area is 99.7 Å². The maximum atomic E-state index is 10.7. The molecule has 1 aliphatic carbocycles. The van der Waals surface area contributed by atoms with Crippen LogP contribution in [0.15, 0.2) is 18.2 Å². The van der Waals surface area contributed by atoms with Crippen molar-refractivity contribution in [1.82, 2.24) is 0 Å². The average molecular weight is 236 g/mol. The van der Waals surface area contributed by atoms with Crippen molar-refractivity contribution in [2.75, 3.05) is 6.54 Å². The van der Waals surface area contributed by atoms with Crippen LogP contribution in [0, 0.1) is 23.0 Å². The lowest BCUT2D eigenvalue weighted by atomic mass is 9.82. The summed E-state index contributed by atoms with van der Waals surface area (Å²) in [5.41, 5.74) is 6.53. The zero-order valence-electron chi connectivity index (χ0n) is 9.76. The average Bonchev–Trinajstić information content (AvgIpc) is 2.24. The second-order valence-electron chi connectivity index (χ2n) is 4.52. The summed E-state index contributed by atoms with van der Waals surface area (Å²) >= 11 is 0. The maximum absolute atomic E-state index is 10.7. The Balaban J connectivity index is 2.05. The number of hydrogen-bond acceptors (Lipinski definition) is 4. The summed E-state index contributed by atoms with van der Waals surface area (Å²) in [7, 11) is 0. The van der Waals surface area contributed by atoms with Crippen LogP contribution in [0.25, 0.3) is 0 Å². The molecule has 1 aliphatic rings. The van der Waals surface area contributed by atoms with Gasteiger partial charge in [-0.15, -0.1) is 0 Å². The first-order chi connectivity index (χ1) is 8.10. The molecule has 1 saturated carbocycles. The molecule has 1 fully saturated rings. The van der Waals surface area contributed by atoms with E-state index >= 15 is 0 Å². The summed E-state index contributed by atoms with van der Waals surface area (Å²) in [6.07, 6.45) is 2.04. The third-order valence-electron chi connectivity index (χ3n) is 3.20. The predicted molar refractivity (Wildman–Crippen MR) is 64.0 cm³/mol. The minimum Gasteiger partial charge on any atom is -0.490 e. The highest BCUT2D eigenvalue weighted by molar-refractivity contribution is 5.43. The van der Waals surface area contributed by atoms with Crippen molar-refractivity contribution in [3.63, 3.8) is 0 Å². The van der Waals surface area contributed by atoms with Crippen LogP contribution in [-0.4, -0.2) is 17.6 Å². The molecule has 0 unspecified atom stereocenters. The van der Waals surface area contributed by atoms with Gasteiger partial charge in [0.2, 0.25) is 0 Å². The number of benzene rings is 1. The van der Waals surface area contributed by atoms with Crippen molar-refractivity contribution >= 4 is 5.69 Å². The molecule has 2 N–H and O–H groups in total. The highest BCUT2D eigenvalue weighted by Gasteiger charge is 2.30. The summed E-state index contributed by atoms with van der Waals surface area (Å²) < 4.78 is 5.74. The largest absolute Gasteiger partial charge is 0.490 e. The van der Waals surface area contributed by atoms with Crippen molar-refractivity contribution in [3.8, 4) is 5.75 Å². The molecular weight excluding hydrogens is 220 g/mol. The molecule has 1 aromatic carbocycles. The van der Waals surface area contributed by atoms with E-state index in [0.29, 0.717) is 18.2 Å². The van der Waals surface area contributed by atoms with Gasteiger partial charge in [-0.1, -0.05) is 0 Å². The molecular formula is C12H16N2O3. The van der Waals surface area contributed by atoms with Crippen LogP contribution in [-0.2, 0) is 0 Å². The molecule has 5 heteroatoms. The van der Waals surface area contributed by atoms with Crippen LogP contribution in [0.2, 0.25) is 0 Å². The quantitative estimate of drug-likeness (QED) is 0.640. The number of aryl methyl sites for hydroxylation is 1. The highest BCUT2D eigenvalue weighted by Crippen LogP contribution is 2.33. The zero-order chi connectivity index (χ0) is 12.4. The lowest BCUT2D eigenvalue weighted by Crippen LogP contribution is -2.37. The van der Waals surface area contributed by atoms with E-state index in [1.165, 1.54) is 12.1 Å². The third kappa shape index (κ3) is 2.55. The van der Waals surface area contributed by atoms with Gasteiger partial charge < -0.3 is 10.5 Å². The molecule has 0 saturated heterocycles. The second-order valence-corrected chi connectivity index (χ2v) is 4.52. The third-order valence-corrected chi connectivity index (χ3v) is 3.20. The first kappa shape index (κ1) is 11.9. The fourth-order valence-corrected chi connectivity index (χ4v) is 1.97. The Morgan fingerprint density at radius 3 is 2.82 bits per heavy atom. The fraction of sp³-hybridized carbons (Fsp3) is 0.500. The predicted octanol–water partition coefficient (Wildman–Crippen LogP) is 2.02. The van der Waals surface area contributed by atoms with Gasteiger partial charge in [-0.05, 0) is 43.9 Å². The molecule has 0 bridgehead atoms. The zero-order valence-corrected chi connectivity index (χ0v) is 9.76. The SMILES string of the molecule is Cc1ccc([N+](=O)[O-])cc1OC1CC(CN)C1. The lowest BCUT2D eigenvalue weighted by Gasteiger charge is -2.34. The van der Waals surface area contributed by atoms with E-state index in [4.69, 9.17) is 10.5 Å². The Kier molecular flexibility index (Phi) is 3.28. The Bertz CT molecular complexity index is 428. The molecule has 2 rings (SSSR count). The molecule has 5 nitrogen and oxygen atoms in total. The Hall–Kier alpha value is -1.62. The number of hydrogen-bond donors (Lipinski definition) is 1. The van der Waals surface area contributed by atoms with Gasteiger partial charge in [0.05, 0.1) is 17.1 Å². The highest BCUT2D eigenvalue weighted by atomic mass is 16.6. The van der Waals surface area contributed by atoms with E-state index in [9.17, 15) is 10.1 Å². The molecule has 0 aliphatic heterocycles. The van der Waals surface area contributed by atoms with E-state index in [0.717, 1.165) is 18.4 Å². The summed E-state index contributed by atoms with van der Waals surface area (Å²) in [6, 6.07) is 4.70. The molecule has 1 aromatic rings. The van der Waals surface area contributed by atoms with Gasteiger partial charge in [0.1, 0.15) is 5.75 Å². The minimum absolute atomic E-state index is 0.0697. The van der Waals surface area contributed by atoms with Crippen LogP contribution in [0.4, 0.5) is 5.69 Å². The maximum Gasteiger partial charge on any atom is 0.273 e. The Morgan fingerprint density at radius 1 is 1.53 bits per heavy atom. The van der Waals surface area contributed by atoms with Gasteiger partial charge in [0, 0.05) is 6.07 Å². The first-order valence-electron chi connectivity index (χ1n) is 5.72. The van der Waals surface area contributed by atoms with Gasteiger partial charge in [0.25, 0.3) is 5.69 Å². The molecule has 0 amide bonds. The molecule has 0 spiro atoms. The first-order valence-corrected chi connectivity index (χ1v) is 5.72. The van der Waals surface area contributed by atoms with Crippen LogP contribution in [0.5, 0.6) is 5.75 Å². The van der Waals surface area contributed by atoms with Crippen LogP contribution < -0.4 is 10.5 Å². The van der Waals surface area contributed by atoms with Gasteiger partial charge in [-0.3, -0.25) is 10.1 Å². The summed E-state index contributed by atoms with van der Waals surface area (Å²) in [5, 5.41) is 10.7. The molecule has 0 radical (unpaired) electrons. The summed E-state index contributed by atoms with van der Waals surface area (Å²) in [6.45, 7) is 2.58. The molecule has 92 valence electrons. The molecule has 0 atom stereocenters. The number of ether oxygens (including phenoxy) is 1. The van der Waals surface area contributed by atoms with Gasteiger partial charge in [-0.2, -0.15) is 0 Å².